The number of aliphatic hydroxyl groups is 1. The molecule has 1 N–H and O–H groups in total. The van der Waals surface area contributed by atoms with Crippen LogP contribution in [0.1, 0.15) is 27.5 Å². The van der Waals surface area contributed by atoms with Gasteiger partial charge in [-0.1, -0.05) is 53.3 Å². The second-order valence-electron chi connectivity index (χ2n) is 8.11. The Morgan fingerprint density at radius 1 is 1.03 bits per heavy atom. The number of para-hydroxylation sites is 1. The Morgan fingerprint density at radius 3 is 2.46 bits per heavy atom. The lowest BCUT2D eigenvalue weighted by Crippen LogP contribution is -2.31. The van der Waals surface area contributed by atoms with Crippen molar-refractivity contribution in [1.82, 2.24) is 4.98 Å². The molecule has 0 aliphatic carbocycles. The molecule has 0 spiro atoms. The average Bonchev–Trinajstić information content (AvgIpc) is 3.42. The number of hydrogen-bond acceptors (Lipinski definition) is 7. The molecule has 3 aromatic carbocycles. The van der Waals surface area contributed by atoms with E-state index in [9.17, 15) is 14.7 Å². The highest BCUT2D eigenvalue weighted by Gasteiger charge is 2.47. The van der Waals surface area contributed by atoms with Crippen LogP contribution in [0.2, 0.25) is 0 Å². The second-order valence-corrected chi connectivity index (χ2v) is 9.12. The monoisotopic (exact) mass is 486 g/mol. The number of methoxy groups -OCH3 is 2. The van der Waals surface area contributed by atoms with Gasteiger partial charge in [0.2, 0.25) is 0 Å². The molecule has 2 heterocycles. The lowest BCUT2D eigenvalue weighted by atomic mass is 9.92. The van der Waals surface area contributed by atoms with Gasteiger partial charge in [-0.3, -0.25) is 14.5 Å². The maximum atomic E-state index is 13.7. The van der Waals surface area contributed by atoms with Gasteiger partial charge >= 0.3 is 0 Å². The molecule has 8 heteroatoms. The number of anilines is 1. The molecular formula is C27H22N2O5S. The third kappa shape index (κ3) is 3.81. The molecule has 35 heavy (non-hydrogen) atoms. The maximum absolute atomic E-state index is 13.7. The zero-order valence-electron chi connectivity index (χ0n) is 19.3. The van der Waals surface area contributed by atoms with E-state index in [2.05, 4.69) is 4.98 Å². The Hall–Kier alpha value is -4.17. The van der Waals surface area contributed by atoms with Gasteiger partial charge in [-0.15, -0.1) is 0 Å². The molecule has 1 atom stereocenters. The SMILES string of the molecule is COc1ccc(OC)c(C2C(C(=O)c3ccc(C)cc3)=C(O)C(=O)N2c2nc3ccccc3s2)c1. The number of carbonyl (C=O) groups excluding carboxylic acids is 2. The summed E-state index contributed by atoms with van der Waals surface area (Å²) in [6.07, 6.45) is 0. The molecule has 0 fully saturated rings. The molecule has 0 bridgehead atoms. The fourth-order valence-corrected chi connectivity index (χ4v) is 5.20. The van der Waals surface area contributed by atoms with Gasteiger partial charge in [-0.25, -0.2) is 4.98 Å². The largest absolute Gasteiger partial charge is 0.503 e. The second kappa shape index (κ2) is 8.88. The van der Waals surface area contributed by atoms with Gasteiger partial charge in [0, 0.05) is 11.1 Å². The average molecular weight is 487 g/mol. The number of ether oxygens (including phenoxy) is 2. The standard InChI is InChI=1S/C27H22N2O5S/c1-15-8-10-16(11-9-15)24(30)22-23(18-14-17(33-2)12-13-20(18)34-3)29(26(32)25(22)31)27-28-19-6-4-5-7-21(19)35-27/h4-14,23,31H,1-3H3. The fourth-order valence-electron chi connectivity index (χ4n) is 4.21. The first-order chi connectivity index (χ1) is 16.9. The number of fused-ring (bicyclic) bond motifs is 1. The van der Waals surface area contributed by atoms with Gasteiger partial charge in [0.25, 0.3) is 5.91 Å². The number of aryl methyl sites for hydroxylation is 1. The summed E-state index contributed by atoms with van der Waals surface area (Å²) in [5.41, 5.74) is 2.53. The van der Waals surface area contributed by atoms with E-state index in [4.69, 9.17) is 9.47 Å². The van der Waals surface area contributed by atoms with Gasteiger partial charge in [-0.2, -0.15) is 0 Å². The summed E-state index contributed by atoms with van der Waals surface area (Å²) in [4.78, 5) is 33.2. The van der Waals surface area contributed by atoms with E-state index >= 15 is 0 Å². The molecule has 4 aromatic rings. The van der Waals surface area contributed by atoms with Crippen molar-refractivity contribution in [3.05, 3.63) is 94.8 Å². The van der Waals surface area contributed by atoms with E-state index < -0.39 is 23.5 Å². The number of aliphatic hydroxyl groups excluding tert-OH is 1. The summed E-state index contributed by atoms with van der Waals surface area (Å²) in [6, 6.07) is 18.7. The maximum Gasteiger partial charge on any atom is 0.296 e. The predicted molar refractivity (Wildman–Crippen MR) is 135 cm³/mol. The molecule has 0 saturated carbocycles. The number of hydrogen-bond donors (Lipinski definition) is 1. The highest BCUT2D eigenvalue weighted by Crippen LogP contribution is 2.47. The lowest BCUT2D eigenvalue weighted by Gasteiger charge is -2.26. The minimum absolute atomic E-state index is 0.0373. The first-order valence-electron chi connectivity index (χ1n) is 10.9. The molecule has 0 saturated heterocycles. The van der Waals surface area contributed by atoms with Crippen molar-refractivity contribution in [2.45, 2.75) is 13.0 Å². The van der Waals surface area contributed by atoms with Crippen molar-refractivity contribution >= 4 is 38.4 Å². The van der Waals surface area contributed by atoms with Gasteiger partial charge in [0.05, 0.1) is 30.0 Å². The van der Waals surface area contributed by atoms with Crippen LogP contribution in [-0.2, 0) is 4.79 Å². The summed E-state index contributed by atoms with van der Waals surface area (Å²) < 4.78 is 11.9. The number of carbonyl (C=O) groups is 2. The quantitative estimate of drug-likeness (QED) is 0.367. The molecular weight excluding hydrogens is 464 g/mol. The highest BCUT2D eigenvalue weighted by atomic mass is 32.1. The van der Waals surface area contributed by atoms with Crippen LogP contribution < -0.4 is 14.4 Å². The van der Waals surface area contributed by atoms with E-state index in [0.29, 0.717) is 27.8 Å². The fraction of sp³-hybridized carbons (Fsp3) is 0.148. The zero-order chi connectivity index (χ0) is 24.7. The summed E-state index contributed by atoms with van der Waals surface area (Å²) in [5.74, 6) is -0.793. The van der Waals surface area contributed by atoms with Crippen molar-refractivity contribution in [2.24, 2.45) is 0 Å². The molecule has 1 aliphatic rings. The first-order valence-corrected chi connectivity index (χ1v) is 11.7. The highest BCUT2D eigenvalue weighted by molar-refractivity contribution is 7.22. The normalized spacial score (nSPS) is 15.7. The number of aromatic nitrogens is 1. The molecule has 7 nitrogen and oxygen atoms in total. The Labute approximate surface area is 205 Å². The topological polar surface area (TPSA) is 89.0 Å². The molecule has 1 aliphatic heterocycles. The van der Waals surface area contributed by atoms with Crippen LogP contribution in [0, 0.1) is 6.92 Å². The Morgan fingerprint density at radius 2 is 1.77 bits per heavy atom. The third-order valence-corrected chi connectivity index (χ3v) is 7.02. The number of nitrogens with zero attached hydrogens (tertiary/aromatic N) is 2. The summed E-state index contributed by atoms with van der Waals surface area (Å²) in [5, 5.41) is 11.4. The van der Waals surface area contributed by atoms with Crippen LogP contribution in [0.15, 0.2) is 78.1 Å². The Balaban J connectivity index is 1.73. The zero-order valence-corrected chi connectivity index (χ0v) is 20.1. The molecule has 0 radical (unpaired) electrons. The van der Waals surface area contributed by atoms with E-state index in [-0.39, 0.29) is 5.57 Å². The van der Waals surface area contributed by atoms with Crippen molar-refractivity contribution in [2.75, 3.05) is 19.1 Å². The Kier molecular flexibility index (Phi) is 5.74. The number of ketones is 1. The molecule has 176 valence electrons. The van der Waals surface area contributed by atoms with Crippen LogP contribution in [0.4, 0.5) is 5.13 Å². The van der Waals surface area contributed by atoms with Gasteiger partial charge in [0.15, 0.2) is 16.7 Å². The van der Waals surface area contributed by atoms with Crippen LogP contribution >= 0.6 is 11.3 Å². The smallest absolute Gasteiger partial charge is 0.296 e. The number of thiazole rings is 1. The number of amides is 1. The summed E-state index contributed by atoms with van der Waals surface area (Å²) >= 11 is 1.31. The number of Topliss-reactive ketones (excluding diaryl/α,β-unsaturated/α-hetero) is 1. The first kappa shape index (κ1) is 22.6. The van der Waals surface area contributed by atoms with Crippen LogP contribution in [0.25, 0.3) is 10.2 Å². The molecule has 1 amide bonds. The van der Waals surface area contributed by atoms with Crippen molar-refractivity contribution in [1.29, 1.82) is 0 Å². The van der Waals surface area contributed by atoms with Gasteiger partial charge in [-0.05, 0) is 37.3 Å². The van der Waals surface area contributed by atoms with E-state index in [1.807, 2.05) is 43.3 Å². The van der Waals surface area contributed by atoms with E-state index in [0.717, 1.165) is 15.8 Å². The third-order valence-electron chi connectivity index (χ3n) is 5.99. The lowest BCUT2D eigenvalue weighted by molar-refractivity contribution is -0.117. The van der Waals surface area contributed by atoms with Crippen LogP contribution in [0.3, 0.4) is 0 Å². The Bertz CT molecular complexity index is 1460. The summed E-state index contributed by atoms with van der Waals surface area (Å²) in [6.45, 7) is 1.92. The minimum Gasteiger partial charge on any atom is -0.503 e. The van der Waals surface area contributed by atoms with Crippen molar-refractivity contribution < 1.29 is 24.2 Å². The molecule has 1 unspecified atom stereocenters. The van der Waals surface area contributed by atoms with Gasteiger partial charge < -0.3 is 14.6 Å². The van der Waals surface area contributed by atoms with Crippen molar-refractivity contribution in [3.63, 3.8) is 0 Å². The number of rotatable bonds is 6. The summed E-state index contributed by atoms with van der Waals surface area (Å²) in [7, 11) is 3.04. The van der Waals surface area contributed by atoms with Crippen molar-refractivity contribution in [3.8, 4) is 11.5 Å². The number of benzene rings is 3. The minimum atomic E-state index is -0.970. The van der Waals surface area contributed by atoms with Crippen LogP contribution in [0.5, 0.6) is 11.5 Å². The molecule has 1 aromatic heterocycles. The molecule has 5 rings (SSSR count). The predicted octanol–water partition coefficient (Wildman–Crippen LogP) is 5.40. The van der Waals surface area contributed by atoms with Crippen LogP contribution in [-0.4, -0.2) is 36.0 Å². The van der Waals surface area contributed by atoms with E-state index in [1.165, 1.54) is 30.5 Å². The van der Waals surface area contributed by atoms with E-state index in [1.54, 1.807) is 30.3 Å². The van der Waals surface area contributed by atoms with Gasteiger partial charge in [0.1, 0.15) is 17.5 Å².